The third-order valence-corrected chi connectivity index (χ3v) is 2.63. The van der Waals surface area contributed by atoms with Crippen molar-refractivity contribution < 1.29 is 8.78 Å². The first-order valence-corrected chi connectivity index (χ1v) is 4.90. The number of hydrogen-bond donors (Lipinski definition) is 0. The maximum Gasteiger partial charge on any atom is 0.253 e. The summed E-state index contributed by atoms with van der Waals surface area (Å²) in [7, 11) is 0. The van der Waals surface area contributed by atoms with Gasteiger partial charge in [0.15, 0.2) is 0 Å². The van der Waals surface area contributed by atoms with E-state index in [-0.39, 0.29) is 11.8 Å². The predicted molar refractivity (Wildman–Crippen MR) is 53.1 cm³/mol. The van der Waals surface area contributed by atoms with E-state index >= 15 is 0 Å². The Labute approximate surface area is 80.7 Å². The average Bonchev–Trinajstić information content (AvgIpc) is 1.81. The summed E-state index contributed by atoms with van der Waals surface area (Å²) in [6.07, 6.45) is 0.469. The van der Waals surface area contributed by atoms with Crippen molar-refractivity contribution in [1.29, 1.82) is 0 Å². The monoisotopic (exact) mass is 192 g/mol. The molecule has 0 N–H and O–H groups in total. The Morgan fingerprint density at radius 3 is 1.54 bits per heavy atom. The van der Waals surface area contributed by atoms with Crippen molar-refractivity contribution in [2.75, 3.05) is 0 Å². The SMILES string of the molecule is CCC(C)(C)C(F)(F)CC(C)(C)C. The topological polar surface area (TPSA) is 0 Å². The van der Waals surface area contributed by atoms with Crippen LogP contribution in [0.3, 0.4) is 0 Å². The van der Waals surface area contributed by atoms with Crippen LogP contribution in [0.25, 0.3) is 0 Å². The van der Waals surface area contributed by atoms with Crippen LogP contribution < -0.4 is 0 Å². The number of hydrogen-bond acceptors (Lipinski definition) is 0. The molecule has 13 heavy (non-hydrogen) atoms. The minimum Gasteiger partial charge on any atom is -0.206 e. The zero-order valence-corrected chi connectivity index (χ0v) is 9.67. The molecular weight excluding hydrogens is 170 g/mol. The van der Waals surface area contributed by atoms with Crippen molar-refractivity contribution in [3.63, 3.8) is 0 Å². The molecule has 0 aliphatic heterocycles. The van der Waals surface area contributed by atoms with Crippen LogP contribution in [0.2, 0.25) is 0 Å². The van der Waals surface area contributed by atoms with Crippen LogP contribution in [0.15, 0.2) is 0 Å². The van der Waals surface area contributed by atoms with Gasteiger partial charge in [-0.2, -0.15) is 0 Å². The average molecular weight is 192 g/mol. The zero-order valence-electron chi connectivity index (χ0n) is 9.67. The van der Waals surface area contributed by atoms with Crippen molar-refractivity contribution in [1.82, 2.24) is 0 Å². The standard InChI is InChI=1S/C11H22F2/c1-7-10(5,6)11(12,13)8-9(2,3)4/h7-8H2,1-6H3. The highest BCUT2D eigenvalue weighted by Gasteiger charge is 2.47. The quantitative estimate of drug-likeness (QED) is 0.618. The van der Waals surface area contributed by atoms with Gasteiger partial charge in [0.1, 0.15) is 0 Å². The first-order chi connectivity index (χ1) is 5.52. The largest absolute Gasteiger partial charge is 0.253 e. The third kappa shape index (κ3) is 3.61. The summed E-state index contributed by atoms with van der Waals surface area (Å²) >= 11 is 0. The summed E-state index contributed by atoms with van der Waals surface area (Å²) in [5.74, 6) is -2.57. The molecule has 0 atom stereocenters. The molecule has 0 nitrogen and oxygen atoms in total. The van der Waals surface area contributed by atoms with E-state index < -0.39 is 11.3 Å². The molecule has 80 valence electrons. The molecule has 0 radical (unpaired) electrons. The van der Waals surface area contributed by atoms with Crippen LogP contribution in [0.1, 0.15) is 54.4 Å². The van der Waals surface area contributed by atoms with Gasteiger partial charge in [0.05, 0.1) is 0 Å². The Kier molecular flexibility index (Phi) is 3.51. The van der Waals surface area contributed by atoms with Gasteiger partial charge in [-0.15, -0.1) is 0 Å². The third-order valence-electron chi connectivity index (χ3n) is 2.63. The molecule has 0 saturated heterocycles. The minimum absolute atomic E-state index is 0.0408. The van der Waals surface area contributed by atoms with Gasteiger partial charge >= 0.3 is 0 Å². The van der Waals surface area contributed by atoms with Gasteiger partial charge in [-0.1, -0.05) is 41.5 Å². The van der Waals surface area contributed by atoms with Gasteiger partial charge in [-0.05, 0) is 11.8 Å². The van der Waals surface area contributed by atoms with Crippen LogP contribution in [0.4, 0.5) is 8.78 Å². The second-order valence-corrected chi connectivity index (χ2v) is 5.68. The second kappa shape index (κ2) is 3.55. The Morgan fingerprint density at radius 2 is 1.31 bits per heavy atom. The Bertz CT molecular complexity index is 163. The number of halogens is 2. The smallest absolute Gasteiger partial charge is 0.206 e. The molecule has 0 unspecified atom stereocenters. The Hall–Kier alpha value is -0.140. The van der Waals surface area contributed by atoms with Crippen LogP contribution in [0, 0.1) is 10.8 Å². The molecule has 0 spiro atoms. The normalized spacial score (nSPS) is 14.8. The van der Waals surface area contributed by atoms with E-state index in [0.717, 1.165) is 0 Å². The molecule has 0 bridgehead atoms. The maximum absolute atomic E-state index is 13.7. The van der Waals surface area contributed by atoms with Gasteiger partial charge in [0, 0.05) is 11.8 Å². The summed E-state index contributed by atoms with van der Waals surface area (Å²) in [6, 6.07) is 0. The van der Waals surface area contributed by atoms with Crippen molar-refractivity contribution in [2.45, 2.75) is 60.3 Å². The predicted octanol–water partition coefficient (Wildman–Crippen LogP) is 4.49. The van der Waals surface area contributed by atoms with Gasteiger partial charge in [-0.3, -0.25) is 0 Å². The highest BCUT2D eigenvalue weighted by Crippen LogP contribution is 2.45. The van der Waals surface area contributed by atoms with Gasteiger partial charge in [0.2, 0.25) is 0 Å². The van der Waals surface area contributed by atoms with E-state index in [0.29, 0.717) is 6.42 Å². The van der Waals surface area contributed by atoms with Crippen LogP contribution in [-0.4, -0.2) is 5.92 Å². The van der Waals surface area contributed by atoms with Crippen LogP contribution in [-0.2, 0) is 0 Å². The van der Waals surface area contributed by atoms with Crippen LogP contribution in [0.5, 0.6) is 0 Å². The molecule has 0 amide bonds. The summed E-state index contributed by atoms with van der Waals surface area (Å²) in [4.78, 5) is 0. The Balaban J connectivity index is 4.58. The molecule has 0 aromatic heterocycles. The van der Waals surface area contributed by atoms with E-state index in [9.17, 15) is 8.78 Å². The highest BCUT2D eigenvalue weighted by molar-refractivity contribution is 4.87. The molecule has 0 aromatic rings. The molecule has 0 aliphatic carbocycles. The van der Waals surface area contributed by atoms with E-state index in [1.165, 1.54) is 0 Å². The molecule has 0 heterocycles. The van der Waals surface area contributed by atoms with Crippen molar-refractivity contribution in [3.05, 3.63) is 0 Å². The van der Waals surface area contributed by atoms with E-state index in [1.54, 1.807) is 13.8 Å². The summed E-state index contributed by atoms with van der Waals surface area (Å²) in [5, 5.41) is 0. The van der Waals surface area contributed by atoms with Gasteiger partial charge in [-0.25, -0.2) is 8.78 Å². The lowest BCUT2D eigenvalue weighted by molar-refractivity contribution is -0.131. The molecule has 0 aliphatic rings. The molecule has 2 heteroatoms. The fraction of sp³-hybridized carbons (Fsp3) is 1.00. The fourth-order valence-corrected chi connectivity index (χ4v) is 1.16. The molecular formula is C11H22F2. The van der Waals surface area contributed by atoms with Gasteiger partial charge < -0.3 is 0 Å². The summed E-state index contributed by atoms with van der Waals surface area (Å²) in [5.41, 5.74) is -1.20. The van der Waals surface area contributed by atoms with Crippen molar-refractivity contribution in [2.24, 2.45) is 10.8 Å². The maximum atomic E-state index is 13.7. The van der Waals surface area contributed by atoms with Gasteiger partial charge in [0.25, 0.3) is 5.92 Å². The van der Waals surface area contributed by atoms with Crippen molar-refractivity contribution in [3.8, 4) is 0 Å². The second-order valence-electron chi connectivity index (χ2n) is 5.68. The molecule has 0 rings (SSSR count). The summed E-state index contributed by atoms with van der Waals surface area (Å²) in [6.45, 7) is 10.7. The Morgan fingerprint density at radius 1 is 0.923 bits per heavy atom. The lowest BCUT2D eigenvalue weighted by Crippen LogP contribution is -2.39. The lowest BCUT2D eigenvalue weighted by Gasteiger charge is -2.37. The number of alkyl halides is 2. The first kappa shape index (κ1) is 12.9. The van der Waals surface area contributed by atoms with Crippen molar-refractivity contribution >= 4 is 0 Å². The molecule has 0 aromatic carbocycles. The van der Waals surface area contributed by atoms with E-state index in [2.05, 4.69) is 0 Å². The highest BCUT2D eigenvalue weighted by atomic mass is 19.3. The van der Waals surface area contributed by atoms with E-state index in [1.807, 2.05) is 27.7 Å². The van der Waals surface area contributed by atoms with Crippen LogP contribution >= 0.6 is 0 Å². The zero-order chi connectivity index (χ0) is 10.9. The first-order valence-electron chi connectivity index (χ1n) is 4.90. The lowest BCUT2D eigenvalue weighted by atomic mass is 9.75. The van der Waals surface area contributed by atoms with E-state index in [4.69, 9.17) is 0 Å². The number of rotatable bonds is 3. The fourth-order valence-electron chi connectivity index (χ4n) is 1.16. The molecule has 0 fully saturated rings. The molecule has 0 saturated carbocycles. The minimum atomic E-state index is -2.57. The summed E-state index contributed by atoms with van der Waals surface area (Å²) < 4.78 is 27.4.